The van der Waals surface area contributed by atoms with Crippen molar-refractivity contribution in [1.29, 1.82) is 0 Å². The molecule has 3 aromatic carbocycles. The lowest BCUT2D eigenvalue weighted by Gasteiger charge is -2.18. The average molecular weight is 615 g/mol. The van der Waals surface area contributed by atoms with Gasteiger partial charge in [0, 0.05) is 36.1 Å². The molecule has 1 aromatic heterocycles. The summed E-state index contributed by atoms with van der Waals surface area (Å²) in [5.74, 6) is 1.17. The third-order valence-electron chi connectivity index (χ3n) is 7.35. The molecule has 1 aliphatic rings. The van der Waals surface area contributed by atoms with E-state index in [-0.39, 0.29) is 31.0 Å². The van der Waals surface area contributed by atoms with Crippen molar-refractivity contribution in [2.45, 2.75) is 39.2 Å². The Balaban J connectivity index is 1.56. The lowest BCUT2D eigenvalue weighted by molar-refractivity contribution is -0.132. The Morgan fingerprint density at radius 2 is 1.80 bits per heavy atom. The normalized spacial score (nSPS) is 12.2. The van der Waals surface area contributed by atoms with Gasteiger partial charge in [0.25, 0.3) is 0 Å². The first-order valence-corrected chi connectivity index (χ1v) is 14.4. The van der Waals surface area contributed by atoms with Gasteiger partial charge in [-0.15, -0.1) is 0 Å². The Hall–Kier alpha value is -5.45. The number of rotatable bonds is 14. The van der Waals surface area contributed by atoms with Crippen molar-refractivity contribution < 1.29 is 43.5 Å². The zero-order valence-corrected chi connectivity index (χ0v) is 25.2. The van der Waals surface area contributed by atoms with Crippen molar-refractivity contribution in [1.82, 2.24) is 9.55 Å². The molecule has 11 nitrogen and oxygen atoms in total. The van der Waals surface area contributed by atoms with E-state index in [9.17, 15) is 19.8 Å². The van der Waals surface area contributed by atoms with Crippen LogP contribution in [0.25, 0.3) is 11.8 Å². The van der Waals surface area contributed by atoms with Crippen LogP contribution in [0.3, 0.4) is 0 Å². The Labute approximate surface area is 260 Å². The van der Waals surface area contributed by atoms with E-state index >= 15 is 0 Å². The summed E-state index contributed by atoms with van der Waals surface area (Å²) in [5, 5.41) is 19.7. The zero-order chi connectivity index (χ0) is 31.9. The Bertz CT molecular complexity index is 1740. The van der Waals surface area contributed by atoms with Gasteiger partial charge in [0.05, 0.1) is 37.4 Å². The monoisotopic (exact) mass is 614 g/mol. The van der Waals surface area contributed by atoms with E-state index in [2.05, 4.69) is 11.9 Å². The summed E-state index contributed by atoms with van der Waals surface area (Å²) in [6, 6.07) is 15.3. The fourth-order valence-electron chi connectivity index (χ4n) is 5.04. The minimum atomic E-state index is -1.10. The maximum Gasteiger partial charge on any atom is 0.335 e. The molecule has 0 bridgehead atoms. The molecule has 0 aliphatic carbocycles. The summed E-state index contributed by atoms with van der Waals surface area (Å²) in [6.07, 6.45) is 5.75. The second-order valence-electron chi connectivity index (χ2n) is 10.3. The highest BCUT2D eigenvalue weighted by molar-refractivity contribution is 5.92. The third-order valence-corrected chi connectivity index (χ3v) is 7.35. The summed E-state index contributed by atoms with van der Waals surface area (Å²) in [4.78, 5) is 28.7. The molecule has 1 aliphatic heterocycles. The van der Waals surface area contributed by atoms with Crippen LogP contribution in [0.15, 0.2) is 66.4 Å². The lowest BCUT2D eigenvalue weighted by atomic mass is 10.0. The van der Waals surface area contributed by atoms with Crippen molar-refractivity contribution >= 4 is 18.0 Å². The van der Waals surface area contributed by atoms with Gasteiger partial charge in [-0.05, 0) is 48.4 Å². The highest BCUT2D eigenvalue weighted by Crippen LogP contribution is 2.39. The van der Waals surface area contributed by atoms with Gasteiger partial charge in [-0.3, -0.25) is 4.57 Å². The van der Waals surface area contributed by atoms with Crippen molar-refractivity contribution in [2.24, 2.45) is 0 Å². The molecule has 45 heavy (non-hydrogen) atoms. The van der Waals surface area contributed by atoms with Gasteiger partial charge in [-0.25, -0.2) is 14.6 Å². The molecule has 0 spiro atoms. The van der Waals surface area contributed by atoms with Crippen molar-refractivity contribution in [3.63, 3.8) is 0 Å². The number of methoxy groups -OCH3 is 2. The first-order valence-electron chi connectivity index (χ1n) is 14.4. The molecule has 4 aromatic rings. The summed E-state index contributed by atoms with van der Waals surface area (Å²) in [6.45, 7) is 2.26. The van der Waals surface area contributed by atoms with Gasteiger partial charge in [-0.2, -0.15) is 0 Å². The van der Waals surface area contributed by atoms with E-state index in [1.54, 1.807) is 61.8 Å². The molecule has 11 heteroatoms. The number of hydrogen-bond acceptors (Lipinski definition) is 8. The van der Waals surface area contributed by atoms with Crippen LogP contribution in [-0.2, 0) is 24.2 Å². The van der Waals surface area contributed by atoms with Crippen LogP contribution in [0.2, 0.25) is 0 Å². The van der Waals surface area contributed by atoms with E-state index in [4.69, 9.17) is 23.7 Å². The number of aryl methyl sites for hydroxylation is 1. The van der Waals surface area contributed by atoms with Gasteiger partial charge in [0.15, 0.2) is 11.5 Å². The fraction of sp³-hybridized carbons (Fsp3) is 0.265. The Morgan fingerprint density at radius 3 is 2.51 bits per heavy atom. The Kier molecular flexibility index (Phi) is 9.57. The number of carboxylic acid groups (broad SMARTS) is 2. The molecule has 0 unspecified atom stereocenters. The van der Waals surface area contributed by atoms with Crippen LogP contribution in [0, 0.1) is 0 Å². The van der Waals surface area contributed by atoms with Crippen LogP contribution >= 0.6 is 0 Å². The van der Waals surface area contributed by atoms with Gasteiger partial charge >= 0.3 is 11.9 Å². The molecule has 0 radical (unpaired) electrons. The van der Waals surface area contributed by atoms with Crippen LogP contribution in [0.4, 0.5) is 0 Å². The van der Waals surface area contributed by atoms with Gasteiger partial charge in [-0.1, -0.05) is 25.5 Å². The van der Waals surface area contributed by atoms with Crippen LogP contribution in [0.1, 0.15) is 52.8 Å². The minimum absolute atomic E-state index is 0.0521. The van der Waals surface area contributed by atoms with E-state index in [0.29, 0.717) is 57.7 Å². The van der Waals surface area contributed by atoms with Crippen molar-refractivity contribution in [3.8, 4) is 34.4 Å². The second kappa shape index (κ2) is 13.9. The quantitative estimate of drug-likeness (QED) is 0.164. The Morgan fingerprint density at radius 1 is 1.00 bits per heavy atom. The molecule has 0 fully saturated rings. The van der Waals surface area contributed by atoms with Crippen LogP contribution in [-0.4, -0.2) is 52.7 Å². The number of benzene rings is 3. The maximum atomic E-state index is 12.6. The molecule has 2 N–H and O–H groups in total. The number of carboxylic acids is 2. The summed E-state index contributed by atoms with van der Waals surface area (Å²) in [5.41, 5.74) is 2.74. The second-order valence-corrected chi connectivity index (χ2v) is 10.3. The number of aromatic nitrogens is 2. The van der Waals surface area contributed by atoms with Gasteiger partial charge < -0.3 is 33.9 Å². The maximum absolute atomic E-state index is 12.6. The molecule has 234 valence electrons. The largest absolute Gasteiger partial charge is 0.497 e. The molecule has 5 rings (SSSR count). The van der Waals surface area contributed by atoms with Crippen molar-refractivity contribution in [3.05, 3.63) is 94.6 Å². The number of nitrogens with zero attached hydrogens (tertiary/aromatic N) is 2. The predicted molar refractivity (Wildman–Crippen MR) is 165 cm³/mol. The summed E-state index contributed by atoms with van der Waals surface area (Å²) < 4.78 is 30.1. The highest BCUT2D eigenvalue weighted by Gasteiger charge is 2.22. The molecule has 0 saturated heterocycles. The topological polar surface area (TPSA) is 139 Å². The molecule has 0 atom stereocenters. The van der Waals surface area contributed by atoms with Crippen LogP contribution < -0.4 is 23.7 Å². The SMILES string of the molecule is CCCCc1ncc(/C=C(\Cc2cc3c(cc2OC)OCO3)C(=O)O)n1-c1ccc(OC)cc1OCc1cccc(C(=O)O)c1. The van der Waals surface area contributed by atoms with E-state index in [1.165, 1.54) is 13.2 Å². The predicted octanol–water partition coefficient (Wildman–Crippen LogP) is 5.95. The molecule has 0 saturated carbocycles. The van der Waals surface area contributed by atoms with E-state index in [0.717, 1.165) is 18.7 Å². The van der Waals surface area contributed by atoms with Crippen LogP contribution in [0.5, 0.6) is 28.7 Å². The third kappa shape index (κ3) is 7.04. The first-order chi connectivity index (χ1) is 21.8. The fourth-order valence-corrected chi connectivity index (χ4v) is 5.04. The molecule has 0 amide bonds. The number of aliphatic carboxylic acids is 1. The van der Waals surface area contributed by atoms with E-state index in [1.807, 2.05) is 10.6 Å². The summed E-state index contributed by atoms with van der Waals surface area (Å²) in [7, 11) is 3.07. The zero-order valence-electron chi connectivity index (χ0n) is 25.2. The standard InChI is InChI=1S/C34H34N2O9/c1-4-5-9-32-35-18-25(14-24(34(39)40)13-23-15-30-31(45-20-44-30)17-28(23)42-3)36(32)27-11-10-26(41-2)16-29(27)43-19-21-7-6-8-22(12-21)33(37)38/h6-8,10-12,14-18H,4-5,9,13,19-20H2,1-3H3,(H,37,38)(H,39,40)/b24-14+. The molecular weight excluding hydrogens is 580 g/mol. The molecule has 2 heterocycles. The van der Waals surface area contributed by atoms with E-state index < -0.39 is 11.9 Å². The number of ether oxygens (including phenoxy) is 5. The number of hydrogen-bond donors (Lipinski definition) is 2. The number of carbonyl (C=O) groups is 2. The number of unbranched alkanes of at least 4 members (excludes halogenated alkanes) is 1. The minimum Gasteiger partial charge on any atom is -0.497 e. The van der Waals surface area contributed by atoms with Gasteiger partial charge in [0.2, 0.25) is 6.79 Å². The molecular formula is C34H34N2O9. The van der Waals surface area contributed by atoms with Crippen molar-refractivity contribution in [2.75, 3.05) is 21.0 Å². The number of fused-ring (bicyclic) bond motifs is 1. The number of imidazole rings is 1. The lowest BCUT2D eigenvalue weighted by Crippen LogP contribution is -2.09. The summed E-state index contributed by atoms with van der Waals surface area (Å²) >= 11 is 0. The van der Waals surface area contributed by atoms with Gasteiger partial charge in [0.1, 0.15) is 29.7 Å². The highest BCUT2D eigenvalue weighted by atomic mass is 16.7. The number of aromatic carboxylic acids is 1. The average Bonchev–Trinajstić information content (AvgIpc) is 3.68. The smallest absolute Gasteiger partial charge is 0.335 e. The first kappa shape index (κ1) is 31.0.